The van der Waals surface area contributed by atoms with Gasteiger partial charge >= 0.3 is 6.09 Å². The van der Waals surface area contributed by atoms with Gasteiger partial charge in [-0.25, -0.2) is 4.79 Å². The zero-order valence-electron chi connectivity index (χ0n) is 24.8. The van der Waals surface area contributed by atoms with E-state index in [1.54, 1.807) is 30.9 Å². The summed E-state index contributed by atoms with van der Waals surface area (Å²) in [5.41, 5.74) is 1.73. The van der Waals surface area contributed by atoms with Crippen molar-refractivity contribution in [3.05, 3.63) is 59.7 Å². The third-order valence-corrected chi connectivity index (χ3v) is 9.01. The Morgan fingerprint density at radius 2 is 1.50 bits per heavy atom. The number of carbonyl (C=O) groups is 1. The lowest BCUT2D eigenvalue weighted by molar-refractivity contribution is -0.205. The zero-order valence-corrected chi connectivity index (χ0v) is 25.6. The maximum absolute atomic E-state index is 12.8. The molecule has 3 aliphatic rings. The Labute approximate surface area is 252 Å². The van der Waals surface area contributed by atoms with Crippen molar-refractivity contribution in [3.63, 3.8) is 0 Å². The lowest BCUT2D eigenvalue weighted by atomic mass is 9.97. The Hall–Kier alpha value is -2.99. The number of aliphatic imine (C=N–C) groups is 1. The number of benzene rings is 2. The number of methoxy groups -OCH3 is 2. The van der Waals surface area contributed by atoms with Gasteiger partial charge < -0.3 is 38.2 Å². The second kappa shape index (κ2) is 14.5. The van der Waals surface area contributed by atoms with Crippen LogP contribution in [0, 0.1) is 0 Å². The van der Waals surface area contributed by atoms with Crippen molar-refractivity contribution in [1.29, 1.82) is 0 Å². The average Bonchev–Trinajstić information content (AvgIpc) is 3.40. The van der Waals surface area contributed by atoms with Gasteiger partial charge in [-0.15, -0.1) is 0 Å². The first-order chi connectivity index (χ1) is 20.5. The second-order valence-electron chi connectivity index (χ2n) is 10.4. The molecule has 228 valence electrons. The van der Waals surface area contributed by atoms with Crippen LogP contribution in [-0.2, 0) is 32.2 Å². The standard InChI is InChI=1S/C31H41N3O7S/c1-5-33(6-2)31(35)40-20-25-27(38-18-21-8-12-23(36-3)13-9-21)28(39-19-22-10-14-24(37-4)15-11-22)26-29(41-25)42-30(32-26)34-16-7-17-34/h8-15,25-29H,5-7,16-20H2,1-4H3/t25-,26-,27+,28-,29-/m1/s1. The van der Waals surface area contributed by atoms with E-state index in [1.165, 1.54) is 0 Å². The number of rotatable bonds is 12. The molecule has 3 aliphatic heterocycles. The van der Waals surface area contributed by atoms with Crippen molar-refractivity contribution in [3.8, 4) is 11.5 Å². The number of fused-ring (bicyclic) bond motifs is 1. The second-order valence-corrected chi connectivity index (χ2v) is 11.5. The summed E-state index contributed by atoms with van der Waals surface area (Å²) < 4.78 is 36.2. The third kappa shape index (κ3) is 7.14. The normalized spacial score (nSPS) is 24.8. The molecule has 2 aromatic rings. The highest BCUT2D eigenvalue weighted by molar-refractivity contribution is 8.14. The molecule has 0 spiro atoms. The summed E-state index contributed by atoms with van der Waals surface area (Å²) in [5, 5.41) is 0.976. The molecule has 10 nitrogen and oxygen atoms in total. The molecular weight excluding hydrogens is 558 g/mol. The van der Waals surface area contributed by atoms with Crippen molar-refractivity contribution in [2.24, 2.45) is 4.99 Å². The van der Waals surface area contributed by atoms with Gasteiger partial charge in [-0.3, -0.25) is 4.99 Å². The van der Waals surface area contributed by atoms with Gasteiger partial charge in [-0.2, -0.15) is 0 Å². The summed E-state index contributed by atoms with van der Waals surface area (Å²) in [4.78, 5) is 21.8. The van der Waals surface area contributed by atoms with Gasteiger partial charge in [0, 0.05) is 26.2 Å². The molecule has 3 heterocycles. The number of amides is 1. The Morgan fingerprint density at radius 3 is 2.00 bits per heavy atom. The van der Waals surface area contributed by atoms with Crippen LogP contribution in [-0.4, -0.2) is 97.9 Å². The Morgan fingerprint density at radius 1 is 0.929 bits per heavy atom. The minimum Gasteiger partial charge on any atom is -0.497 e. The fourth-order valence-corrected chi connectivity index (χ4v) is 6.41. The van der Waals surface area contributed by atoms with E-state index in [4.69, 9.17) is 33.4 Å². The number of hydrogen-bond acceptors (Lipinski definition) is 10. The molecule has 0 radical (unpaired) electrons. The predicted octanol–water partition coefficient (Wildman–Crippen LogP) is 4.55. The zero-order chi connectivity index (χ0) is 29.5. The van der Waals surface area contributed by atoms with E-state index in [9.17, 15) is 4.79 Å². The number of hydrogen-bond donors (Lipinski definition) is 0. The molecular formula is C31H41N3O7S. The summed E-state index contributed by atoms with van der Waals surface area (Å²) in [6, 6.07) is 15.3. The smallest absolute Gasteiger partial charge is 0.409 e. The van der Waals surface area contributed by atoms with Gasteiger partial charge in [0.15, 0.2) is 5.17 Å². The van der Waals surface area contributed by atoms with Crippen LogP contribution in [0.5, 0.6) is 11.5 Å². The van der Waals surface area contributed by atoms with E-state index < -0.39 is 18.3 Å². The summed E-state index contributed by atoms with van der Waals surface area (Å²) in [5.74, 6) is 1.57. The number of likely N-dealkylation sites (tertiary alicyclic amines) is 1. The number of nitrogens with zero attached hydrogens (tertiary/aromatic N) is 3. The van der Waals surface area contributed by atoms with Crippen LogP contribution in [0.2, 0.25) is 0 Å². The highest BCUT2D eigenvalue weighted by Crippen LogP contribution is 2.41. The van der Waals surface area contributed by atoms with Crippen molar-refractivity contribution in [1.82, 2.24) is 9.80 Å². The van der Waals surface area contributed by atoms with Gasteiger partial charge in [0.25, 0.3) is 0 Å². The molecule has 0 saturated carbocycles. The average molecular weight is 600 g/mol. The maximum Gasteiger partial charge on any atom is 0.409 e. The number of ether oxygens (including phenoxy) is 6. The predicted molar refractivity (Wildman–Crippen MR) is 161 cm³/mol. The van der Waals surface area contributed by atoms with Crippen molar-refractivity contribution >= 4 is 23.0 Å². The monoisotopic (exact) mass is 599 g/mol. The molecule has 11 heteroatoms. The van der Waals surface area contributed by atoms with Crippen molar-refractivity contribution in [2.75, 3.05) is 47.0 Å². The van der Waals surface area contributed by atoms with E-state index in [0.717, 1.165) is 47.3 Å². The molecule has 0 aromatic heterocycles. The summed E-state index contributed by atoms with van der Waals surface area (Å²) in [6.45, 7) is 7.72. The Balaban J connectivity index is 1.39. The molecule has 1 amide bonds. The van der Waals surface area contributed by atoms with Gasteiger partial charge in [0.2, 0.25) is 0 Å². The fourth-order valence-electron chi connectivity index (χ4n) is 5.13. The van der Waals surface area contributed by atoms with E-state index in [-0.39, 0.29) is 24.2 Å². The van der Waals surface area contributed by atoms with Crippen LogP contribution in [0.3, 0.4) is 0 Å². The molecule has 2 saturated heterocycles. The van der Waals surface area contributed by atoms with Crippen LogP contribution in [0.4, 0.5) is 4.79 Å². The topological polar surface area (TPSA) is 91.3 Å². The first-order valence-corrected chi connectivity index (χ1v) is 15.5. The minimum absolute atomic E-state index is 0.0494. The van der Waals surface area contributed by atoms with Crippen LogP contribution in [0.1, 0.15) is 31.4 Å². The molecule has 0 N–H and O–H groups in total. The summed E-state index contributed by atoms with van der Waals surface area (Å²) in [6.07, 6.45) is -0.705. The van der Waals surface area contributed by atoms with Crippen molar-refractivity contribution in [2.45, 2.75) is 63.3 Å². The molecule has 5 atom stereocenters. The van der Waals surface area contributed by atoms with Gasteiger partial charge in [-0.05, 0) is 55.7 Å². The third-order valence-electron chi connectivity index (χ3n) is 7.82. The van der Waals surface area contributed by atoms with Crippen molar-refractivity contribution < 1.29 is 33.2 Å². The SMILES string of the molecule is CCN(CC)C(=O)OC[C@H]1O[C@@H]2SC(N3CCC3)=N[C@@H]2[C@@H](OCc2ccc(OC)cc2)[C@H]1OCc1ccc(OC)cc1. The maximum atomic E-state index is 12.8. The highest BCUT2D eigenvalue weighted by atomic mass is 32.2. The molecule has 2 fully saturated rings. The molecule has 0 aliphatic carbocycles. The van der Waals surface area contributed by atoms with Gasteiger partial charge in [0.1, 0.15) is 47.9 Å². The first-order valence-electron chi connectivity index (χ1n) is 14.6. The summed E-state index contributed by atoms with van der Waals surface area (Å²) in [7, 11) is 3.29. The number of thioether (sulfide) groups is 1. The minimum atomic E-state index is -0.539. The summed E-state index contributed by atoms with van der Waals surface area (Å²) >= 11 is 1.62. The lowest BCUT2D eigenvalue weighted by Gasteiger charge is -2.42. The number of carbonyl (C=O) groups excluding carboxylic acids is 1. The quantitative estimate of drug-likeness (QED) is 0.348. The Bertz CT molecular complexity index is 1190. The van der Waals surface area contributed by atoms with Crippen LogP contribution < -0.4 is 9.47 Å². The largest absolute Gasteiger partial charge is 0.497 e. The molecule has 5 rings (SSSR count). The van der Waals surface area contributed by atoms with E-state index in [1.807, 2.05) is 62.4 Å². The van der Waals surface area contributed by atoms with Gasteiger partial charge in [0.05, 0.1) is 27.4 Å². The molecule has 42 heavy (non-hydrogen) atoms. The lowest BCUT2D eigenvalue weighted by Crippen LogP contribution is -2.58. The van der Waals surface area contributed by atoms with E-state index in [2.05, 4.69) is 4.90 Å². The molecule has 0 bridgehead atoms. The fraction of sp³-hybridized carbons (Fsp3) is 0.548. The molecule has 2 aromatic carbocycles. The number of amidine groups is 1. The molecule has 0 unspecified atom stereocenters. The van der Waals surface area contributed by atoms with E-state index >= 15 is 0 Å². The first kappa shape index (κ1) is 30.5. The van der Waals surface area contributed by atoms with Crippen LogP contribution >= 0.6 is 11.8 Å². The highest BCUT2D eigenvalue weighted by Gasteiger charge is 2.52. The Kier molecular flexibility index (Phi) is 10.5. The van der Waals surface area contributed by atoms with Crippen LogP contribution in [0.25, 0.3) is 0 Å². The van der Waals surface area contributed by atoms with E-state index in [0.29, 0.717) is 26.3 Å². The van der Waals surface area contributed by atoms with Gasteiger partial charge in [-0.1, -0.05) is 36.0 Å². The van der Waals surface area contributed by atoms with Crippen LogP contribution in [0.15, 0.2) is 53.5 Å².